The van der Waals surface area contributed by atoms with Gasteiger partial charge < -0.3 is 9.72 Å². The van der Waals surface area contributed by atoms with Crippen LogP contribution < -0.4 is 10.3 Å². The van der Waals surface area contributed by atoms with E-state index in [1.807, 2.05) is 38.1 Å². The molecule has 2 heterocycles. The van der Waals surface area contributed by atoms with E-state index in [9.17, 15) is 4.79 Å². The molecule has 21 heavy (non-hydrogen) atoms. The molecule has 108 valence electrons. The van der Waals surface area contributed by atoms with Gasteiger partial charge >= 0.3 is 0 Å². The number of methoxy groups -OCH3 is 1. The number of nitrogens with zero attached hydrogens (tertiary/aromatic N) is 1. The number of hydrogen-bond donors (Lipinski definition) is 1. The van der Waals surface area contributed by atoms with Crippen LogP contribution in [0.2, 0.25) is 0 Å². The van der Waals surface area contributed by atoms with Crippen LogP contribution >= 0.6 is 11.3 Å². The Labute approximate surface area is 126 Å². The molecule has 0 unspecified atom stereocenters. The number of benzene rings is 1. The van der Waals surface area contributed by atoms with Crippen LogP contribution in [0.3, 0.4) is 0 Å². The molecule has 3 aromatic rings. The fraction of sp³-hybridized carbons (Fsp3) is 0.250. The van der Waals surface area contributed by atoms with Gasteiger partial charge in [-0.3, -0.25) is 4.79 Å². The molecule has 0 fully saturated rings. The normalized spacial score (nSPS) is 11.0. The third-order valence-corrected chi connectivity index (χ3v) is 4.74. The molecule has 1 N–H and O–H groups in total. The SMILES string of the molecule is COc1ccccc1Cc1nc2sc(C)c(C)c2c(=O)[nH]1. The fourth-order valence-corrected chi connectivity index (χ4v) is 3.46. The van der Waals surface area contributed by atoms with Gasteiger partial charge in [-0.05, 0) is 25.5 Å². The molecule has 0 atom stereocenters. The summed E-state index contributed by atoms with van der Waals surface area (Å²) in [5.41, 5.74) is 1.96. The minimum Gasteiger partial charge on any atom is -0.496 e. The Morgan fingerprint density at radius 1 is 1.29 bits per heavy atom. The number of para-hydroxylation sites is 1. The second-order valence-corrected chi connectivity index (χ2v) is 6.17. The quantitative estimate of drug-likeness (QED) is 0.808. The Balaban J connectivity index is 2.08. The van der Waals surface area contributed by atoms with Gasteiger partial charge in [-0.2, -0.15) is 0 Å². The van der Waals surface area contributed by atoms with Gasteiger partial charge in [0.2, 0.25) is 0 Å². The number of ether oxygens (including phenoxy) is 1. The van der Waals surface area contributed by atoms with Crippen LogP contribution in [0, 0.1) is 13.8 Å². The summed E-state index contributed by atoms with van der Waals surface area (Å²) >= 11 is 1.57. The zero-order chi connectivity index (χ0) is 15.0. The fourth-order valence-electron chi connectivity index (χ4n) is 2.41. The summed E-state index contributed by atoms with van der Waals surface area (Å²) in [6.45, 7) is 3.98. The minimum atomic E-state index is -0.0632. The summed E-state index contributed by atoms with van der Waals surface area (Å²) in [5, 5.41) is 0.710. The van der Waals surface area contributed by atoms with Crippen molar-refractivity contribution in [2.24, 2.45) is 0 Å². The summed E-state index contributed by atoms with van der Waals surface area (Å²) in [7, 11) is 1.64. The Kier molecular flexibility index (Phi) is 3.51. The molecule has 0 radical (unpaired) electrons. The predicted molar refractivity (Wildman–Crippen MR) is 85.5 cm³/mol. The first-order valence-electron chi connectivity index (χ1n) is 6.71. The molecule has 4 nitrogen and oxygen atoms in total. The van der Waals surface area contributed by atoms with Gasteiger partial charge in [-0.15, -0.1) is 11.3 Å². The number of aromatic nitrogens is 2. The zero-order valence-corrected chi connectivity index (χ0v) is 13.0. The molecule has 2 aromatic heterocycles. The average molecular weight is 300 g/mol. The van der Waals surface area contributed by atoms with E-state index in [1.54, 1.807) is 18.4 Å². The van der Waals surface area contributed by atoms with Crippen LogP contribution in [0.5, 0.6) is 5.75 Å². The van der Waals surface area contributed by atoms with Crippen molar-refractivity contribution in [1.29, 1.82) is 0 Å². The number of aromatic amines is 1. The van der Waals surface area contributed by atoms with Crippen molar-refractivity contribution in [2.45, 2.75) is 20.3 Å². The lowest BCUT2D eigenvalue weighted by Crippen LogP contribution is -2.12. The van der Waals surface area contributed by atoms with Crippen LogP contribution in [0.25, 0.3) is 10.2 Å². The second-order valence-electron chi connectivity index (χ2n) is 4.96. The summed E-state index contributed by atoms with van der Waals surface area (Å²) in [6, 6.07) is 7.76. The van der Waals surface area contributed by atoms with E-state index in [-0.39, 0.29) is 5.56 Å². The molecule has 0 aliphatic heterocycles. The summed E-state index contributed by atoms with van der Waals surface area (Å²) in [5.74, 6) is 1.47. The topological polar surface area (TPSA) is 55.0 Å². The lowest BCUT2D eigenvalue weighted by atomic mass is 10.1. The number of hydrogen-bond acceptors (Lipinski definition) is 4. The van der Waals surface area contributed by atoms with Gasteiger partial charge in [0.05, 0.1) is 12.5 Å². The van der Waals surface area contributed by atoms with E-state index in [2.05, 4.69) is 9.97 Å². The van der Waals surface area contributed by atoms with Crippen molar-refractivity contribution >= 4 is 21.6 Å². The Bertz CT molecular complexity index is 864. The maximum atomic E-state index is 12.3. The van der Waals surface area contributed by atoms with E-state index in [1.165, 1.54) is 0 Å². The van der Waals surface area contributed by atoms with Crippen LogP contribution in [0.1, 0.15) is 21.8 Å². The highest BCUT2D eigenvalue weighted by molar-refractivity contribution is 7.18. The maximum Gasteiger partial charge on any atom is 0.259 e. The Morgan fingerprint density at radius 3 is 2.81 bits per heavy atom. The molecular weight excluding hydrogens is 284 g/mol. The number of aryl methyl sites for hydroxylation is 2. The summed E-state index contributed by atoms with van der Waals surface area (Å²) in [4.78, 5) is 21.7. The van der Waals surface area contributed by atoms with Gasteiger partial charge in [-0.1, -0.05) is 18.2 Å². The molecule has 3 rings (SSSR count). The highest BCUT2D eigenvalue weighted by atomic mass is 32.1. The first-order chi connectivity index (χ1) is 10.1. The molecule has 0 saturated carbocycles. The van der Waals surface area contributed by atoms with Gasteiger partial charge in [0, 0.05) is 16.9 Å². The molecule has 0 aliphatic rings. The molecule has 5 heteroatoms. The second kappa shape index (κ2) is 5.33. The third-order valence-electron chi connectivity index (χ3n) is 3.64. The van der Waals surface area contributed by atoms with Crippen LogP contribution in [-0.2, 0) is 6.42 Å². The third kappa shape index (κ3) is 2.45. The van der Waals surface area contributed by atoms with Crippen molar-refractivity contribution in [2.75, 3.05) is 7.11 Å². The molecule has 0 amide bonds. The van der Waals surface area contributed by atoms with Crippen molar-refractivity contribution in [3.05, 3.63) is 56.4 Å². The first-order valence-corrected chi connectivity index (χ1v) is 7.52. The average Bonchev–Trinajstić information content (AvgIpc) is 2.75. The molecule has 1 aromatic carbocycles. The van der Waals surface area contributed by atoms with E-state index in [0.29, 0.717) is 17.6 Å². The summed E-state index contributed by atoms with van der Waals surface area (Å²) < 4.78 is 5.34. The molecule has 0 spiro atoms. The van der Waals surface area contributed by atoms with Crippen LogP contribution in [-0.4, -0.2) is 17.1 Å². The number of thiophene rings is 1. The van der Waals surface area contributed by atoms with Crippen molar-refractivity contribution in [3.8, 4) is 5.75 Å². The van der Waals surface area contributed by atoms with Gasteiger partial charge in [0.15, 0.2) is 0 Å². The largest absolute Gasteiger partial charge is 0.496 e. The van der Waals surface area contributed by atoms with Gasteiger partial charge in [-0.25, -0.2) is 4.98 Å². The van der Waals surface area contributed by atoms with Gasteiger partial charge in [0.25, 0.3) is 5.56 Å². The minimum absolute atomic E-state index is 0.0632. The number of rotatable bonds is 3. The number of H-pyrrole nitrogens is 1. The van der Waals surface area contributed by atoms with Crippen molar-refractivity contribution < 1.29 is 4.74 Å². The van der Waals surface area contributed by atoms with E-state index >= 15 is 0 Å². The summed E-state index contributed by atoms with van der Waals surface area (Å²) in [6.07, 6.45) is 0.547. The highest BCUT2D eigenvalue weighted by Crippen LogP contribution is 2.26. The Hall–Kier alpha value is -2.14. The van der Waals surface area contributed by atoms with Crippen LogP contribution in [0.4, 0.5) is 0 Å². The number of fused-ring (bicyclic) bond motifs is 1. The molecular formula is C16H16N2O2S. The molecule has 0 aliphatic carbocycles. The standard InChI is InChI=1S/C16H16N2O2S/c1-9-10(2)21-16-14(9)15(19)17-13(18-16)8-11-6-4-5-7-12(11)20-3/h4-7H,8H2,1-3H3,(H,17,18,19). The zero-order valence-electron chi connectivity index (χ0n) is 12.2. The van der Waals surface area contributed by atoms with Crippen molar-refractivity contribution in [1.82, 2.24) is 9.97 Å². The maximum absolute atomic E-state index is 12.3. The highest BCUT2D eigenvalue weighted by Gasteiger charge is 2.13. The monoisotopic (exact) mass is 300 g/mol. The smallest absolute Gasteiger partial charge is 0.259 e. The lowest BCUT2D eigenvalue weighted by Gasteiger charge is -2.07. The first kappa shape index (κ1) is 13.8. The molecule has 0 saturated heterocycles. The van der Waals surface area contributed by atoms with Crippen molar-refractivity contribution in [3.63, 3.8) is 0 Å². The van der Waals surface area contributed by atoms with Crippen LogP contribution in [0.15, 0.2) is 29.1 Å². The van der Waals surface area contributed by atoms with E-state index in [4.69, 9.17) is 4.74 Å². The van der Waals surface area contributed by atoms with E-state index < -0.39 is 0 Å². The predicted octanol–water partition coefficient (Wildman–Crippen LogP) is 3.20. The van der Waals surface area contributed by atoms with Gasteiger partial charge in [0.1, 0.15) is 16.4 Å². The Morgan fingerprint density at radius 2 is 2.05 bits per heavy atom. The van der Waals surface area contributed by atoms with E-state index in [0.717, 1.165) is 26.6 Å². The number of nitrogens with one attached hydrogen (secondary N) is 1. The lowest BCUT2D eigenvalue weighted by molar-refractivity contribution is 0.410. The molecule has 0 bridgehead atoms.